The number of aryl methyl sites for hydroxylation is 3. The van der Waals surface area contributed by atoms with Gasteiger partial charge in [0, 0.05) is 11.1 Å². The topological polar surface area (TPSA) is 64.0 Å². The van der Waals surface area contributed by atoms with E-state index < -0.39 is 0 Å². The van der Waals surface area contributed by atoms with Gasteiger partial charge in [0.25, 0.3) is 5.56 Å². The van der Waals surface area contributed by atoms with Gasteiger partial charge in [-0.25, -0.2) is 4.68 Å². The minimum absolute atomic E-state index is 0.109. The molecule has 0 unspecified atom stereocenters. The summed E-state index contributed by atoms with van der Waals surface area (Å²) < 4.78 is 1.23. The van der Waals surface area contributed by atoms with Gasteiger partial charge in [-0.2, -0.15) is 5.10 Å². The van der Waals surface area contributed by atoms with Crippen LogP contribution in [0.3, 0.4) is 0 Å². The van der Waals surface area contributed by atoms with Crippen molar-refractivity contribution < 1.29 is 4.79 Å². The van der Waals surface area contributed by atoms with E-state index in [1.807, 2.05) is 57.2 Å². The molecule has 0 fully saturated rings. The molecule has 0 spiro atoms. The second-order valence-corrected chi connectivity index (χ2v) is 6.10. The summed E-state index contributed by atoms with van der Waals surface area (Å²) in [6, 6.07) is 13.2. The average Bonchev–Trinajstić information content (AvgIpc) is 2.61. The minimum atomic E-state index is -0.256. The fourth-order valence-electron chi connectivity index (χ4n) is 3.03. The van der Waals surface area contributed by atoms with Crippen molar-refractivity contribution in [1.29, 1.82) is 0 Å². The molecule has 1 heterocycles. The molecule has 1 N–H and O–H groups in total. The lowest BCUT2D eigenvalue weighted by Crippen LogP contribution is -2.30. The van der Waals surface area contributed by atoms with Crippen molar-refractivity contribution in [2.45, 2.75) is 33.7 Å². The number of hydrogen-bond donors (Lipinski definition) is 1. The number of rotatable bonds is 4. The molecule has 2 aromatic carbocycles. The van der Waals surface area contributed by atoms with E-state index in [1.54, 1.807) is 6.07 Å². The molecule has 0 radical (unpaired) electrons. The predicted octanol–water partition coefficient (Wildman–Crippen LogP) is 3.21. The Morgan fingerprint density at radius 3 is 2.52 bits per heavy atom. The molecule has 128 valence electrons. The molecule has 1 amide bonds. The van der Waals surface area contributed by atoms with Crippen LogP contribution in [0.5, 0.6) is 0 Å². The van der Waals surface area contributed by atoms with Crippen molar-refractivity contribution in [2.24, 2.45) is 0 Å². The molecule has 5 heteroatoms. The number of hydrogen-bond acceptors (Lipinski definition) is 3. The Kier molecular flexibility index (Phi) is 4.65. The predicted molar refractivity (Wildman–Crippen MR) is 99.9 cm³/mol. The van der Waals surface area contributed by atoms with Gasteiger partial charge in [0.2, 0.25) is 5.91 Å². The standard InChI is InChI=1S/C20H21N3O2/c1-4-15-9-7-8-13(2)19(15)21-18(24)12-23-20(25)17-11-6-5-10-16(17)14(3)22-23/h5-11H,4,12H2,1-3H3,(H,21,24). The number of nitrogens with one attached hydrogen (secondary N) is 1. The number of fused-ring (bicyclic) bond motifs is 1. The molecular weight excluding hydrogens is 314 g/mol. The normalized spacial score (nSPS) is 10.8. The van der Waals surface area contributed by atoms with Crippen LogP contribution in [-0.4, -0.2) is 15.7 Å². The highest BCUT2D eigenvalue weighted by Gasteiger charge is 2.13. The molecule has 1 aromatic heterocycles. The fraction of sp³-hybridized carbons (Fsp3) is 0.250. The van der Waals surface area contributed by atoms with Crippen molar-refractivity contribution in [3.63, 3.8) is 0 Å². The minimum Gasteiger partial charge on any atom is -0.324 e. The number of nitrogens with zero attached hydrogens (tertiary/aromatic N) is 2. The van der Waals surface area contributed by atoms with E-state index in [9.17, 15) is 9.59 Å². The molecular formula is C20H21N3O2. The number of aromatic nitrogens is 2. The van der Waals surface area contributed by atoms with Crippen LogP contribution in [0.1, 0.15) is 23.7 Å². The van der Waals surface area contributed by atoms with Gasteiger partial charge in [-0.05, 0) is 37.5 Å². The Morgan fingerprint density at radius 1 is 1.08 bits per heavy atom. The summed E-state index contributed by atoms with van der Waals surface area (Å²) in [4.78, 5) is 25.1. The molecule has 3 rings (SSSR count). The molecule has 5 nitrogen and oxygen atoms in total. The van der Waals surface area contributed by atoms with Gasteiger partial charge < -0.3 is 5.32 Å². The molecule has 0 aliphatic rings. The highest BCUT2D eigenvalue weighted by molar-refractivity contribution is 5.92. The van der Waals surface area contributed by atoms with Crippen LogP contribution in [0.15, 0.2) is 47.3 Å². The summed E-state index contributed by atoms with van der Waals surface area (Å²) in [6.45, 7) is 5.73. The molecule has 0 saturated heterocycles. The second kappa shape index (κ2) is 6.89. The van der Waals surface area contributed by atoms with Gasteiger partial charge >= 0.3 is 0 Å². The Hall–Kier alpha value is -2.95. The zero-order valence-electron chi connectivity index (χ0n) is 14.7. The van der Waals surface area contributed by atoms with Gasteiger partial charge in [0.1, 0.15) is 6.54 Å². The van der Waals surface area contributed by atoms with E-state index in [0.29, 0.717) is 5.39 Å². The molecule has 3 aromatic rings. The molecule has 0 aliphatic carbocycles. The maximum atomic E-state index is 12.6. The SMILES string of the molecule is CCc1cccc(C)c1NC(=O)Cn1nc(C)c2ccccc2c1=O. The van der Waals surface area contributed by atoms with E-state index in [-0.39, 0.29) is 18.0 Å². The van der Waals surface area contributed by atoms with E-state index in [1.165, 1.54) is 4.68 Å². The van der Waals surface area contributed by atoms with Crippen LogP contribution >= 0.6 is 0 Å². The van der Waals surface area contributed by atoms with Crippen molar-refractivity contribution in [3.05, 3.63) is 69.6 Å². The molecule has 0 bridgehead atoms. The summed E-state index contributed by atoms with van der Waals surface area (Å²) in [5, 5.41) is 8.62. The van der Waals surface area contributed by atoms with Crippen LogP contribution in [-0.2, 0) is 17.8 Å². The summed E-state index contributed by atoms with van der Waals surface area (Å²) in [5.74, 6) is -0.256. The van der Waals surface area contributed by atoms with Crippen LogP contribution in [0.4, 0.5) is 5.69 Å². The second-order valence-electron chi connectivity index (χ2n) is 6.10. The first-order valence-corrected chi connectivity index (χ1v) is 8.36. The molecule has 0 aliphatic heterocycles. The first-order chi connectivity index (χ1) is 12.0. The van der Waals surface area contributed by atoms with Crippen molar-refractivity contribution in [3.8, 4) is 0 Å². The van der Waals surface area contributed by atoms with E-state index in [4.69, 9.17) is 0 Å². The monoisotopic (exact) mass is 335 g/mol. The molecule has 0 saturated carbocycles. The Morgan fingerprint density at radius 2 is 1.80 bits per heavy atom. The lowest BCUT2D eigenvalue weighted by molar-refractivity contribution is -0.117. The quantitative estimate of drug-likeness (QED) is 0.796. The maximum Gasteiger partial charge on any atom is 0.275 e. The summed E-state index contributed by atoms with van der Waals surface area (Å²) >= 11 is 0. The third-order valence-corrected chi connectivity index (χ3v) is 4.35. The summed E-state index contributed by atoms with van der Waals surface area (Å²) in [6.07, 6.45) is 0.824. The zero-order chi connectivity index (χ0) is 18.0. The molecule has 25 heavy (non-hydrogen) atoms. The fourth-order valence-corrected chi connectivity index (χ4v) is 3.03. The lowest BCUT2D eigenvalue weighted by atomic mass is 10.1. The van der Waals surface area contributed by atoms with Crippen molar-refractivity contribution in [1.82, 2.24) is 9.78 Å². The largest absolute Gasteiger partial charge is 0.324 e. The lowest BCUT2D eigenvalue weighted by Gasteiger charge is -2.14. The average molecular weight is 335 g/mol. The van der Waals surface area contributed by atoms with Crippen LogP contribution in [0.2, 0.25) is 0 Å². The van der Waals surface area contributed by atoms with E-state index in [2.05, 4.69) is 10.4 Å². The van der Waals surface area contributed by atoms with Crippen molar-refractivity contribution >= 4 is 22.4 Å². The van der Waals surface area contributed by atoms with Gasteiger partial charge in [0.05, 0.1) is 11.1 Å². The van der Waals surface area contributed by atoms with Crippen LogP contribution in [0.25, 0.3) is 10.8 Å². The number of benzene rings is 2. The van der Waals surface area contributed by atoms with Crippen LogP contribution < -0.4 is 10.9 Å². The number of carbonyl (C=O) groups excluding carboxylic acids is 1. The zero-order valence-corrected chi connectivity index (χ0v) is 14.7. The highest BCUT2D eigenvalue weighted by atomic mass is 16.2. The Labute approximate surface area is 146 Å². The van der Waals surface area contributed by atoms with Gasteiger partial charge in [-0.1, -0.05) is 43.3 Å². The Balaban J connectivity index is 1.91. The first-order valence-electron chi connectivity index (χ1n) is 8.36. The van der Waals surface area contributed by atoms with E-state index in [0.717, 1.165) is 34.3 Å². The maximum absolute atomic E-state index is 12.6. The highest BCUT2D eigenvalue weighted by Crippen LogP contribution is 2.21. The summed E-state index contributed by atoms with van der Waals surface area (Å²) in [5.41, 5.74) is 3.37. The number of amides is 1. The van der Waals surface area contributed by atoms with E-state index >= 15 is 0 Å². The smallest absolute Gasteiger partial charge is 0.275 e. The number of para-hydroxylation sites is 1. The number of anilines is 1. The van der Waals surface area contributed by atoms with Crippen LogP contribution in [0, 0.1) is 13.8 Å². The van der Waals surface area contributed by atoms with Crippen molar-refractivity contribution in [2.75, 3.05) is 5.32 Å². The first kappa shape index (κ1) is 16.9. The third kappa shape index (κ3) is 3.31. The van der Waals surface area contributed by atoms with Gasteiger partial charge in [-0.3, -0.25) is 9.59 Å². The molecule has 0 atom stereocenters. The van der Waals surface area contributed by atoms with Gasteiger partial charge in [0.15, 0.2) is 0 Å². The Bertz CT molecular complexity index is 1010. The third-order valence-electron chi connectivity index (χ3n) is 4.35. The van der Waals surface area contributed by atoms with Gasteiger partial charge in [-0.15, -0.1) is 0 Å². The number of carbonyl (C=O) groups is 1. The summed E-state index contributed by atoms with van der Waals surface area (Å²) in [7, 11) is 0.